The molecule has 0 spiro atoms. The zero-order valence-electron chi connectivity index (χ0n) is 18.4. The Labute approximate surface area is 194 Å². The van der Waals surface area contributed by atoms with Crippen LogP contribution >= 0.6 is 0 Å². The summed E-state index contributed by atoms with van der Waals surface area (Å²) in [5.74, 6) is -4.78. The third kappa shape index (κ3) is 7.02. The lowest BCUT2D eigenvalue weighted by Gasteiger charge is -2.22. The molecule has 2 aromatic rings. The van der Waals surface area contributed by atoms with E-state index in [0.717, 1.165) is 10.9 Å². The van der Waals surface area contributed by atoms with Gasteiger partial charge in [-0.15, -0.1) is 0 Å². The molecule has 0 saturated heterocycles. The number of carbonyl (C=O) groups is 5. The van der Waals surface area contributed by atoms with Crippen molar-refractivity contribution in [2.45, 2.75) is 43.9 Å². The Kier molecular flexibility index (Phi) is 9.10. The van der Waals surface area contributed by atoms with Crippen molar-refractivity contribution in [2.75, 3.05) is 6.61 Å². The highest BCUT2D eigenvalue weighted by molar-refractivity contribution is 5.96. The lowest BCUT2D eigenvalue weighted by Crippen LogP contribution is -2.57. The number of fused-ring (bicyclic) bond motifs is 1. The van der Waals surface area contributed by atoms with Crippen molar-refractivity contribution >= 4 is 40.5 Å². The summed E-state index contributed by atoms with van der Waals surface area (Å²) in [5, 5.41) is 26.2. The average molecular weight is 476 g/mol. The molecule has 1 aromatic carbocycles. The van der Waals surface area contributed by atoms with Gasteiger partial charge in [0, 0.05) is 23.5 Å². The van der Waals surface area contributed by atoms with E-state index in [2.05, 4.69) is 20.9 Å². The number of H-pyrrole nitrogens is 1. The number of aromatic nitrogens is 1. The first-order valence-electron chi connectivity index (χ1n) is 10.4. The number of primary amides is 1. The molecule has 4 amide bonds. The summed E-state index contributed by atoms with van der Waals surface area (Å²) in [5.41, 5.74) is 12.0. The highest BCUT2D eigenvalue weighted by Crippen LogP contribution is 2.19. The number of amides is 4. The molecule has 0 radical (unpaired) electrons. The second-order valence-corrected chi connectivity index (χ2v) is 7.71. The molecule has 4 unspecified atom stereocenters. The lowest BCUT2D eigenvalue weighted by molar-refractivity contribution is -0.142. The largest absolute Gasteiger partial charge is 0.480 e. The van der Waals surface area contributed by atoms with Gasteiger partial charge in [0.05, 0.1) is 13.0 Å². The van der Waals surface area contributed by atoms with Gasteiger partial charge in [-0.05, 0) is 18.6 Å². The molecular formula is C21H28N6O7. The highest BCUT2D eigenvalue weighted by atomic mass is 16.4. The fraction of sp³-hybridized carbons (Fsp3) is 0.381. The quantitative estimate of drug-likeness (QED) is 0.162. The number of hydrogen-bond acceptors (Lipinski definition) is 7. The molecule has 0 bridgehead atoms. The predicted molar refractivity (Wildman–Crippen MR) is 120 cm³/mol. The van der Waals surface area contributed by atoms with Crippen molar-refractivity contribution in [1.82, 2.24) is 20.9 Å². The fourth-order valence-electron chi connectivity index (χ4n) is 3.17. The Morgan fingerprint density at radius 2 is 1.65 bits per heavy atom. The Hall–Kier alpha value is -3.97. The van der Waals surface area contributed by atoms with Crippen molar-refractivity contribution < 1.29 is 34.2 Å². The maximum Gasteiger partial charge on any atom is 0.326 e. The molecule has 1 aromatic heterocycles. The zero-order chi connectivity index (χ0) is 25.4. The number of carboxylic acid groups (broad SMARTS) is 1. The van der Waals surface area contributed by atoms with Crippen molar-refractivity contribution in [1.29, 1.82) is 0 Å². The molecule has 2 rings (SSSR count). The standard InChI is InChI=1S/C21H28N6O7/c1-10(25-20(32)15(7-17(23)29)26-19(31)13(22)9-28)18(30)27-16(21(33)34)6-11-8-24-14-5-3-2-4-12(11)14/h2-5,8,10,13,15-16,24,28H,6-7,9,22H2,1H3,(H2,23,29)(H,25,32)(H,26,31)(H,27,30)(H,33,34). The number of nitrogens with one attached hydrogen (secondary N) is 4. The molecule has 13 heteroatoms. The number of rotatable bonds is 12. The van der Waals surface area contributed by atoms with E-state index in [4.69, 9.17) is 16.6 Å². The van der Waals surface area contributed by atoms with Gasteiger partial charge in [-0.1, -0.05) is 18.2 Å². The summed E-state index contributed by atoms with van der Waals surface area (Å²) in [6, 6.07) is 2.02. The number of aliphatic hydroxyl groups excluding tert-OH is 1. The SMILES string of the molecule is CC(NC(=O)C(CC(N)=O)NC(=O)C(N)CO)C(=O)NC(Cc1c[nH]c2ccccc12)C(=O)O. The van der Waals surface area contributed by atoms with Gasteiger partial charge in [0.2, 0.25) is 23.6 Å². The van der Waals surface area contributed by atoms with Gasteiger partial charge in [0.1, 0.15) is 24.2 Å². The number of aromatic amines is 1. The van der Waals surface area contributed by atoms with Crippen LogP contribution in [0.1, 0.15) is 18.9 Å². The summed E-state index contributed by atoms with van der Waals surface area (Å²) < 4.78 is 0. The molecule has 1 heterocycles. The monoisotopic (exact) mass is 476 g/mol. The van der Waals surface area contributed by atoms with Crippen molar-refractivity contribution in [3.8, 4) is 0 Å². The van der Waals surface area contributed by atoms with Crippen LogP contribution in [-0.2, 0) is 30.4 Å². The second-order valence-electron chi connectivity index (χ2n) is 7.71. The predicted octanol–water partition coefficient (Wildman–Crippen LogP) is -2.54. The molecular weight excluding hydrogens is 448 g/mol. The van der Waals surface area contributed by atoms with Crippen molar-refractivity contribution in [3.63, 3.8) is 0 Å². The first-order valence-corrected chi connectivity index (χ1v) is 10.4. The summed E-state index contributed by atoms with van der Waals surface area (Å²) in [7, 11) is 0. The molecule has 0 aliphatic rings. The second kappa shape index (κ2) is 11.8. The maximum atomic E-state index is 12.6. The van der Waals surface area contributed by atoms with Crippen LogP contribution in [-0.4, -0.2) is 75.6 Å². The minimum Gasteiger partial charge on any atom is -0.480 e. The van der Waals surface area contributed by atoms with E-state index in [9.17, 15) is 29.1 Å². The molecule has 10 N–H and O–H groups in total. The number of para-hydroxylation sites is 1. The molecule has 13 nitrogen and oxygen atoms in total. The summed E-state index contributed by atoms with van der Waals surface area (Å²) in [6.07, 6.45) is 1.07. The number of hydrogen-bond donors (Lipinski definition) is 8. The van der Waals surface area contributed by atoms with E-state index in [-0.39, 0.29) is 6.42 Å². The maximum absolute atomic E-state index is 12.6. The topological polar surface area (TPSA) is 230 Å². The first kappa shape index (κ1) is 26.3. The number of benzene rings is 1. The third-order valence-corrected chi connectivity index (χ3v) is 5.04. The van der Waals surface area contributed by atoms with Crippen LogP contribution in [0, 0.1) is 0 Å². The van der Waals surface area contributed by atoms with E-state index in [1.807, 2.05) is 18.2 Å². The smallest absolute Gasteiger partial charge is 0.326 e. The van der Waals surface area contributed by atoms with Crippen LogP contribution in [0.15, 0.2) is 30.5 Å². The highest BCUT2D eigenvalue weighted by Gasteiger charge is 2.29. The van der Waals surface area contributed by atoms with Crippen LogP contribution in [0.2, 0.25) is 0 Å². The van der Waals surface area contributed by atoms with Gasteiger partial charge >= 0.3 is 5.97 Å². The Morgan fingerprint density at radius 3 is 2.26 bits per heavy atom. The molecule has 184 valence electrons. The molecule has 0 aliphatic carbocycles. The molecule has 4 atom stereocenters. The lowest BCUT2D eigenvalue weighted by atomic mass is 10.0. The molecule has 0 fully saturated rings. The van der Waals surface area contributed by atoms with Gasteiger partial charge < -0.3 is 42.6 Å². The first-order chi connectivity index (χ1) is 16.0. The van der Waals surface area contributed by atoms with Gasteiger partial charge in [-0.3, -0.25) is 19.2 Å². The van der Waals surface area contributed by atoms with Crippen LogP contribution in [0.5, 0.6) is 0 Å². The molecule has 34 heavy (non-hydrogen) atoms. The van der Waals surface area contributed by atoms with Crippen molar-refractivity contribution in [3.05, 3.63) is 36.0 Å². The van der Waals surface area contributed by atoms with Gasteiger partial charge in [-0.25, -0.2) is 4.79 Å². The summed E-state index contributed by atoms with van der Waals surface area (Å²) in [4.78, 5) is 63.0. The molecule has 0 saturated carbocycles. The van der Waals surface area contributed by atoms with Crippen LogP contribution in [0.25, 0.3) is 10.9 Å². The van der Waals surface area contributed by atoms with E-state index < -0.39 is 66.8 Å². The number of aliphatic hydroxyl groups is 1. The van der Waals surface area contributed by atoms with Crippen LogP contribution in [0.3, 0.4) is 0 Å². The van der Waals surface area contributed by atoms with E-state index in [0.29, 0.717) is 5.56 Å². The van der Waals surface area contributed by atoms with E-state index >= 15 is 0 Å². The van der Waals surface area contributed by atoms with E-state index in [1.54, 1.807) is 12.3 Å². The summed E-state index contributed by atoms with van der Waals surface area (Å²) in [6.45, 7) is 0.614. The normalized spacial score (nSPS) is 14.4. The Morgan fingerprint density at radius 1 is 1.00 bits per heavy atom. The summed E-state index contributed by atoms with van der Waals surface area (Å²) >= 11 is 0. The van der Waals surface area contributed by atoms with Gasteiger partial charge in [0.15, 0.2) is 0 Å². The number of carbonyl (C=O) groups excluding carboxylic acids is 4. The molecule has 0 aliphatic heterocycles. The van der Waals surface area contributed by atoms with Gasteiger partial charge in [-0.2, -0.15) is 0 Å². The van der Waals surface area contributed by atoms with Crippen LogP contribution in [0.4, 0.5) is 0 Å². The average Bonchev–Trinajstić information content (AvgIpc) is 3.19. The number of nitrogens with two attached hydrogens (primary N) is 2. The van der Waals surface area contributed by atoms with Crippen molar-refractivity contribution in [2.24, 2.45) is 11.5 Å². The third-order valence-electron chi connectivity index (χ3n) is 5.04. The minimum atomic E-state index is -1.45. The van der Waals surface area contributed by atoms with Crippen LogP contribution < -0.4 is 27.4 Å². The minimum absolute atomic E-state index is 0.00877. The number of aliphatic carboxylic acids is 1. The Bertz CT molecular complexity index is 1070. The fourth-order valence-corrected chi connectivity index (χ4v) is 3.17. The van der Waals surface area contributed by atoms with E-state index in [1.165, 1.54) is 6.92 Å². The zero-order valence-corrected chi connectivity index (χ0v) is 18.4. The Balaban J connectivity index is 2.04. The number of carboxylic acids is 1. The van der Waals surface area contributed by atoms with Gasteiger partial charge in [0.25, 0.3) is 0 Å².